The Morgan fingerprint density at radius 1 is 1.45 bits per heavy atom. The van der Waals surface area contributed by atoms with Crippen molar-refractivity contribution in [2.45, 2.75) is 18.6 Å². The first-order valence-electron chi connectivity index (χ1n) is 7.36. The van der Waals surface area contributed by atoms with E-state index in [0.29, 0.717) is 13.1 Å². The molecule has 0 bridgehead atoms. The average molecular weight is 317 g/mol. The van der Waals surface area contributed by atoms with Crippen molar-refractivity contribution in [2.24, 2.45) is 0 Å². The van der Waals surface area contributed by atoms with Crippen LogP contribution in [-0.4, -0.2) is 46.6 Å². The third-order valence-corrected chi connectivity index (χ3v) is 4.59. The molecule has 1 aliphatic heterocycles. The standard InChI is InChI=1S/C16H19N3O2S/c20-13-6-8-19(10-13)11-14(21)18-15(16-17-7-9-22-16)12-4-2-1-3-5-12/h1-5,7,9,13,15,20H,6,8,10-11H2,(H,18,21)/t13-,15?/m1/s1. The molecule has 6 heteroatoms. The summed E-state index contributed by atoms with van der Waals surface area (Å²) >= 11 is 1.53. The van der Waals surface area contributed by atoms with E-state index in [1.54, 1.807) is 6.20 Å². The van der Waals surface area contributed by atoms with Crippen LogP contribution in [0.1, 0.15) is 23.0 Å². The zero-order valence-electron chi connectivity index (χ0n) is 12.2. The van der Waals surface area contributed by atoms with E-state index in [1.807, 2.05) is 40.6 Å². The first kappa shape index (κ1) is 15.1. The lowest BCUT2D eigenvalue weighted by molar-refractivity contribution is -0.122. The van der Waals surface area contributed by atoms with E-state index in [-0.39, 0.29) is 18.1 Å². The summed E-state index contributed by atoms with van der Waals surface area (Å²) in [5, 5.41) is 15.4. The van der Waals surface area contributed by atoms with Crippen LogP contribution in [0.25, 0.3) is 0 Å². The molecule has 2 aromatic rings. The number of rotatable bonds is 5. The van der Waals surface area contributed by atoms with Gasteiger partial charge in [0.2, 0.25) is 5.91 Å². The van der Waals surface area contributed by atoms with Gasteiger partial charge in [-0.1, -0.05) is 30.3 Å². The van der Waals surface area contributed by atoms with Crippen LogP contribution in [0.15, 0.2) is 41.9 Å². The fraction of sp³-hybridized carbons (Fsp3) is 0.375. The summed E-state index contributed by atoms with van der Waals surface area (Å²) in [5.74, 6) is -0.0434. The molecule has 0 saturated carbocycles. The Hall–Kier alpha value is -1.76. The summed E-state index contributed by atoms with van der Waals surface area (Å²) in [5.41, 5.74) is 1.02. The third kappa shape index (κ3) is 3.71. The molecule has 1 amide bonds. The van der Waals surface area contributed by atoms with Crippen LogP contribution in [0.3, 0.4) is 0 Å². The quantitative estimate of drug-likeness (QED) is 0.875. The highest BCUT2D eigenvalue weighted by Gasteiger charge is 2.24. The predicted molar refractivity (Wildman–Crippen MR) is 85.6 cm³/mol. The molecular weight excluding hydrogens is 298 g/mol. The monoisotopic (exact) mass is 317 g/mol. The van der Waals surface area contributed by atoms with E-state index < -0.39 is 0 Å². The average Bonchev–Trinajstić information content (AvgIpc) is 3.18. The number of thiazole rings is 1. The van der Waals surface area contributed by atoms with E-state index in [2.05, 4.69) is 10.3 Å². The van der Waals surface area contributed by atoms with Crippen LogP contribution in [0.2, 0.25) is 0 Å². The largest absolute Gasteiger partial charge is 0.392 e. The number of nitrogens with one attached hydrogen (secondary N) is 1. The van der Waals surface area contributed by atoms with Crippen LogP contribution in [0.4, 0.5) is 0 Å². The Kier molecular flexibility index (Phi) is 4.82. The van der Waals surface area contributed by atoms with Crippen molar-refractivity contribution in [2.75, 3.05) is 19.6 Å². The molecule has 5 nitrogen and oxygen atoms in total. The number of carbonyl (C=O) groups excluding carboxylic acids is 1. The van der Waals surface area contributed by atoms with Gasteiger partial charge in [0.15, 0.2) is 0 Å². The van der Waals surface area contributed by atoms with Crippen molar-refractivity contribution in [1.29, 1.82) is 0 Å². The maximum atomic E-state index is 12.3. The number of nitrogens with zero attached hydrogens (tertiary/aromatic N) is 2. The van der Waals surface area contributed by atoms with Crippen LogP contribution < -0.4 is 5.32 Å². The summed E-state index contributed by atoms with van der Waals surface area (Å²) in [6.45, 7) is 1.65. The third-order valence-electron chi connectivity index (χ3n) is 3.75. The Balaban J connectivity index is 1.69. The van der Waals surface area contributed by atoms with Crippen molar-refractivity contribution in [3.63, 3.8) is 0 Å². The number of β-amino-alcohol motifs (C(OH)–C–C–N with tert-alkyl or cyclic N) is 1. The first-order valence-corrected chi connectivity index (χ1v) is 8.24. The number of hydrogen-bond donors (Lipinski definition) is 2. The molecule has 1 aromatic heterocycles. The highest BCUT2D eigenvalue weighted by molar-refractivity contribution is 7.09. The van der Waals surface area contributed by atoms with E-state index >= 15 is 0 Å². The second-order valence-corrected chi connectivity index (χ2v) is 6.39. The van der Waals surface area contributed by atoms with Gasteiger partial charge >= 0.3 is 0 Å². The number of likely N-dealkylation sites (tertiary alicyclic amines) is 1. The molecule has 2 N–H and O–H groups in total. The van der Waals surface area contributed by atoms with E-state index in [4.69, 9.17) is 0 Å². The molecule has 2 atom stereocenters. The number of benzene rings is 1. The van der Waals surface area contributed by atoms with Crippen molar-refractivity contribution in [1.82, 2.24) is 15.2 Å². The molecule has 1 fully saturated rings. The molecule has 1 saturated heterocycles. The minimum atomic E-state index is -0.309. The molecule has 116 valence electrons. The maximum absolute atomic E-state index is 12.3. The van der Waals surface area contributed by atoms with Crippen molar-refractivity contribution in [3.05, 3.63) is 52.5 Å². The molecule has 0 spiro atoms. The summed E-state index contributed by atoms with van der Waals surface area (Å²) in [4.78, 5) is 18.6. The SMILES string of the molecule is O=C(CN1CC[C@@H](O)C1)NC(c1ccccc1)c1nccs1. The van der Waals surface area contributed by atoms with Crippen molar-refractivity contribution in [3.8, 4) is 0 Å². The van der Waals surface area contributed by atoms with Gasteiger partial charge in [0, 0.05) is 24.7 Å². The predicted octanol–water partition coefficient (Wildman–Crippen LogP) is 1.42. The number of hydrogen-bond acceptors (Lipinski definition) is 5. The maximum Gasteiger partial charge on any atom is 0.235 e. The zero-order chi connectivity index (χ0) is 15.4. The smallest absolute Gasteiger partial charge is 0.235 e. The Morgan fingerprint density at radius 3 is 2.91 bits per heavy atom. The Labute approximate surface area is 133 Å². The van der Waals surface area contributed by atoms with Crippen LogP contribution in [0.5, 0.6) is 0 Å². The van der Waals surface area contributed by atoms with Gasteiger partial charge in [0.25, 0.3) is 0 Å². The summed E-state index contributed by atoms with van der Waals surface area (Å²) in [6, 6.07) is 9.63. The first-order chi connectivity index (χ1) is 10.7. The second-order valence-electron chi connectivity index (χ2n) is 5.46. The van der Waals surface area contributed by atoms with Gasteiger partial charge in [-0.3, -0.25) is 9.69 Å². The molecule has 0 radical (unpaired) electrons. The molecule has 3 rings (SSSR count). The number of carbonyl (C=O) groups is 1. The fourth-order valence-corrected chi connectivity index (χ4v) is 3.39. The Bertz CT molecular complexity index is 603. The molecule has 1 aliphatic rings. The summed E-state index contributed by atoms with van der Waals surface area (Å²) < 4.78 is 0. The van der Waals surface area contributed by atoms with Crippen LogP contribution in [0, 0.1) is 0 Å². The number of aliphatic hydroxyl groups excluding tert-OH is 1. The lowest BCUT2D eigenvalue weighted by Crippen LogP contribution is -2.38. The highest BCUT2D eigenvalue weighted by atomic mass is 32.1. The van der Waals surface area contributed by atoms with Gasteiger partial charge < -0.3 is 10.4 Å². The molecular formula is C16H19N3O2S. The van der Waals surface area contributed by atoms with Gasteiger partial charge in [0.05, 0.1) is 12.6 Å². The van der Waals surface area contributed by atoms with Crippen LogP contribution >= 0.6 is 11.3 Å². The lowest BCUT2D eigenvalue weighted by Gasteiger charge is -2.20. The van der Waals surface area contributed by atoms with E-state index in [0.717, 1.165) is 23.5 Å². The van der Waals surface area contributed by atoms with Gasteiger partial charge in [-0.25, -0.2) is 4.98 Å². The van der Waals surface area contributed by atoms with Crippen molar-refractivity contribution < 1.29 is 9.90 Å². The molecule has 2 heterocycles. The van der Waals surface area contributed by atoms with E-state index in [1.165, 1.54) is 11.3 Å². The minimum absolute atomic E-state index is 0.0434. The zero-order valence-corrected chi connectivity index (χ0v) is 13.0. The van der Waals surface area contributed by atoms with Gasteiger partial charge in [-0.15, -0.1) is 11.3 Å². The van der Waals surface area contributed by atoms with Gasteiger partial charge in [0.1, 0.15) is 11.0 Å². The second kappa shape index (κ2) is 7.00. The van der Waals surface area contributed by atoms with Gasteiger partial charge in [-0.2, -0.15) is 0 Å². The van der Waals surface area contributed by atoms with Gasteiger partial charge in [-0.05, 0) is 12.0 Å². The summed E-state index contributed by atoms with van der Waals surface area (Å²) in [7, 11) is 0. The Morgan fingerprint density at radius 2 is 2.27 bits per heavy atom. The normalized spacial score (nSPS) is 20.0. The molecule has 0 aliphatic carbocycles. The molecule has 22 heavy (non-hydrogen) atoms. The number of amides is 1. The summed E-state index contributed by atoms with van der Waals surface area (Å²) in [6.07, 6.45) is 2.18. The fourth-order valence-electron chi connectivity index (χ4n) is 2.68. The highest BCUT2D eigenvalue weighted by Crippen LogP contribution is 2.23. The van der Waals surface area contributed by atoms with E-state index in [9.17, 15) is 9.90 Å². The number of aromatic nitrogens is 1. The molecule has 1 unspecified atom stereocenters. The number of aliphatic hydroxyl groups is 1. The van der Waals surface area contributed by atoms with Crippen LogP contribution in [-0.2, 0) is 4.79 Å². The van der Waals surface area contributed by atoms with Crippen molar-refractivity contribution >= 4 is 17.2 Å². The topological polar surface area (TPSA) is 65.5 Å². The lowest BCUT2D eigenvalue weighted by atomic mass is 10.1. The minimum Gasteiger partial charge on any atom is -0.392 e. The molecule has 1 aromatic carbocycles.